The Hall–Kier alpha value is -1.17. The summed E-state index contributed by atoms with van der Waals surface area (Å²) in [6.07, 6.45) is 1.87. The molecule has 1 aliphatic heterocycles. The summed E-state index contributed by atoms with van der Waals surface area (Å²) in [7, 11) is 0. The molecule has 1 aliphatic rings. The number of anilines is 1. The van der Waals surface area contributed by atoms with Gasteiger partial charge in [0.05, 0.1) is 6.61 Å². The van der Waals surface area contributed by atoms with E-state index in [1.807, 2.05) is 13.1 Å². The van der Waals surface area contributed by atoms with Gasteiger partial charge >= 0.3 is 0 Å². The van der Waals surface area contributed by atoms with Gasteiger partial charge in [-0.15, -0.1) is 0 Å². The normalized spacial score (nSPS) is 16.8. The van der Waals surface area contributed by atoms with E-state index in [0.29, 0.717) is 6.54 Å². The van der Waals surface area contributed by atoms with E-state index in [1.165, 1.54) is 0 Å². The average molecular weight is 264 g/mol. The third kappa shape index (κ3) is 4.16. The second kappa shape index (κ2) is 7.43. The summed E-state index contributed by atoms with van der Waals surface area (Å²) >= 11 is 0. The molecule has 19 heavy (non-hydrogen) atoms. The highest BCUT2D eigenvalue weighted by atomic mass is 16.5. The van der Waals surface area contributed by atoms with E-state index < -0.39 is 0 Å². The number of piperazine rings is 1. The van der Waals surface area contributed by atoms with Crippen LogP contribution in [0.15, 0.2) is 18.3 Å². The molecule has 0 bridgehead atoms. The van der Waals surface area contributed by atoms with Crippen LogP contribution in [0.1, 0.15) is 12.5 Å². The lowest BCUT2D eigenvalue weighted by atomic mass is 10.2. The Morgan fingerprint density at radius 1 is 1.26 bits per heavy atom. The summed E-state index contributed by atoms with van der Waals surface area (Å²) in [5, 5.41) is 0. The van der Waals surface area contributed by atoms with Gasteiger partial charge in [0.2, 0.25) is 0 Å². The van der Waals surface area contributed by atoms with E-state index in [-0.39, 0.29) is 0 Å². The van der Waals surface area contributed by atoms with Crippen molar-refractivity contribution in [2.24, 2.45) is 5.73 Å². The van der Waals surface area contributed by atoms with Gasteiger partial charge in [-0.25, -0.2) is 4.98 Å². The van der Waals surface area contributed by atoms with Gasteiger partial charge in [-0.2, -0.15) is 0 Å². The van der Waals surface area contributed by atoms with Crippen LogP contribution < -0.4 is 10.6 Å². The van der Waals surface area contributed by atoms with Gasteiger partial charge in [-0.1, -0.05) is 6.07 Å². The maximum Gasteiger partial charge on any atom is 0.128 e. The van der Waals surface area contributed by atoms with Crippen LogP contribution in [0.3, 0.4) is 0 Å². The van der Waals surface area contributed by atoms with Crippen molar-refractivity contribution in [3.8, 4) is 0 Å². The summed E-state index contributed by atoms with van der Waals surface area (Å²) in [6.45, 7) is 9.47. The van der Waals surface area contributed by atoms with E-state index in [9.17, 15) is 0 Å². The summed E-state index contributed by atoms with van der Waals surface area (Å²) in [5.74, 6) is 1.06. The van der Waals surface area contributed by atoms with Gasteiger partial charge in [0, 0.05) is 52.1 Å². The number of pyridine rings is 1. The van der Waals surface area contributed by atoms with Crippen molar-refractivity contribution in [1.29, 1.82) is 0 Å². The molecule has 5 heteroatoms. The summed E-state index contributed by atoms with van der Waals surface area (Å²) in [4.78, 5) is 9.25. The number of hydrogen-bond acceptors (Lipinski definition) is 5. The van der Waals surface area contributed by atoms with E-state index in [0.717, 1.165) is 57.3 Å². The second-order valence-corrected chi connectivity index (χ2v) is 4.75. The fourth-order valence-electron chi connectivity index (χ4n) is 2.26. The lowest BCUT2D eigenvalue weighted by Crippen LogP contribution is -2.47. The number of nitrogens with zero attached hydrogens (tertiary/aromatic N) is 3. The Labute approximate surface area is 115 Å². The van der Waals surface area contributed by atoms with Gasteiger partial charge in [-0.05, 0) is 18.6 Å². The third-order valence-electron chi connectivity index (χ3n) is 3.50. The molecule has 2 heterocycles. The minimum Gasteiger partial charge on any atom is -0.380 e. The quantitative estimate of drug-likeness (QED) is 0.767. The molecule has 0 unspecified atom stereocenters. The molecule has 2 rings (SSSR count). The molecule has 0 aromatic carbocycles. The molecule has 0 spiro atoms. The van der Waals surface area contributed by atoms with Crippen molar-refractivity contribution in [2.75, 3.05) is 50.8 Å². The molecule has 1 saturated heterocycles. The number of rotatable bonds is 6. The van der Waals surface area contributed by atoms with Crippen molar-refractivity contribution in [3.63, 3.8) is 0 Å². The predicted molar refractivity (Wildman–Crippen MR) is 77.3 cm³/mol. The van der Waals surface area contributed by atoms with Crippen LogP contribution in [0.5, 0.6) is 0 Å². The van der Waals surface area contributed by atoms with Crippen molar-refractivity contribution in [2.45, 2.75) is 13.5 Å². The van der Waals surface area contributed by atoms with Crippen molar-refractivity contribution in [3.05, 3.63) is 23.9 Å². The van der Waals surface area contributed by atoms with Crippen LogP contribution in [0, 0.1) is 0 Å². The first-order valence-electron chi connectivity index (χ1n) is 7.03. The Bertz CT molecular complexity index is 360. The van der Waals surface area contributed by atoms with E-state index in [1.54, 1.807) is 0 Å². The molecular formula is C14H24N4O. The first kappa shape index (κ1) is 14.2. The smallest absolute Gasteiger partial charge is 0.128 e. The van der Waals surface area contributed by atoms with E-state index in [4.69, 9.17) is 10.5 Å². The van der Waals surface area contributed by atoms with Crippen molar-refractivity contribution >= 4 is 5.82 Å². The number of hydrogen-bond donors (Lipinski definition) is 1. The fourth-order valence-corrected chi connectivity index (χ4v) is 2.26. The van der Waals surface area contributed by atoms with E-state index >= 15 is 0 Å². The molecule has 5 nitrogen and oxygen atoms in total. The van der Waals surface area contributed by atoms with Crippen LogP contribution in [0.25, 0.3) is 0 Å². The number of aromatic nitrogens is 1. The molecule has 106 valence electrons. The van der Waals surface area contributed by atoms with Crippen LogP contribution >= 0.6 is 0 Å². The standard InChI is InChI=1S/C14H24N4O/c1-2-19-10-9-17-5-7-18(8-6-17)14-4-3-13(11-15)12-16-14/h3-4,12H,2,5-11,15H2,1H3. The Kier molecular flexibility index (Phi) is 5.57. The minimum atomic E-state index is 0.554. The van der Waals surface area contributed by atoms with Crippen LogP contribution in [0.2, 0.25) is 0 Å². The van der Waals surface area contributed by atoms with Gasteiger partial charge < -0.3 is 15.4 Å². The Balaban J connectivity index is 1.78. The molecule has 1 fully saturated rings. The Morgan fingerprint density at radius 3 is 2.63 bits per heavy atom. The van der Waals surface area contributed by atoms with Crippen LogP contribution in [0.4, 0.5) is 5.82 Å². The van der Waals surface area contributed by atoms with E-state index in [2.05, 4.69) is 26.9 Å². The SMILES string of the molecule is CCOCCN1CCN(c2ccc(CN)cn2)CC1. The molecular weight excluding hydrogens is 240 g/mol. The summed E-state index contributed by atoms with van der Waals surface area (Å²) < 4.78 is 5.39. The fraction of sp³-hybridized carbons (Fsp3) is 0.643. The van der Waals surface area contributed by atoms with Gasteiger partial charge in [0.1, 0.15) is 5.82 Å². The zero-order chi connectivity index (χ0) is 13.5. The lowest BCUT2D eigenvalue weighted by molar-refractivity contribution is 0.111. The zero-order valence-electron chi connectivity index (χ0n) is 11.7. The largest absolute Gasteiger partial charge is 0.380 e. The zero-order valence-corrected chi connectivity index (χ0v) is 11.7. The average Bonchev–Trinajstić information content (AvgIpc) is 2.48. The maximum atomic E-state index is 5.58. The molecule has 0 atom stereocenters. The van der Waals surface area contributed by atoms with Gasteiger partial charge in [0.25, 0.3) is 0 Å². The van der Waals surface area contributed by atoms with Crippen LogP contribution in [-0.4, -0.2) is 55.8 Å². The highest BCUT2D eigenvalue weighted by Crippen LogP contribution is 2.13. The molecule has 2 N–H and O–H groups in total. The molecule has 0 saturated carbocycles. The monoisotopic (exact) mass is 264 g/mol. The van der Waals surface area contributed by atoms with Crippen molar-refractivity contribution in [1.82, 2.24) is 9.88 Å². The highest BCUT2D eigenvalue weighted by molar-refractivity contribution is 5.39. The highest BCUT2D eigenvalue weighted by Gasteiger charge is 2.17. The molecule has 1 aromatic rings. The lowest BCUT2D eigenvalue weighted by Gasteiger charge is -2.35. The van der Waals surface area contributed by atoms with Crippen molar-refractivity contribution < 1.29 is 4.74 Å². The molecule has 1 aromatic heterocycles. The minimum absolute atomic E-state index is 0.554. The third-order valence-corrected chi connectivity index (χ3v) is 3.50. The molecule has 0 radical (unpaired) electrons. The van der Waals surface area contributed by atoms with Gasteiger partial charge in [-0.3, -0.25) is 4.90 Å². The number of nitrogens with two attached hydrogens (primary N) is 1. The predicted octanol–water partition coefficient (Wildman–Crippen LogP) is 0.699. The topological polar surface area (TPSA) is 54.6 Å². The first-order valence-corrected chi connectivity index (χ1v) is 7.03. The maximum absolute atomic E-state index is 5.58. The Morgan fingerprint density at radius 2 is 2.05 bits per heavy atom. The first-order chi connectivity index (χ1) is 9.33. The van der Waals surface area contributed by atoms with Crippen LogP contribution in [-0.2, 0) is 11.3 Å². The molecule has 0 aliphatic carbocycles. The number of ether oxygens (including phenoxy) is 1. The van der Waals surface area contributed by atoms with Gasteiger partial charge in [0.15, 0.2) is 0 Å². The second-order valence-electron chi connectivity index (χ2n) is 4.75. The molecule has 0 amide bonds. The summed E-state index contributed by atoms with van der Waals surface area (Å²) in [6, 6.07) is 4.13. The summed E-state index contributed by atoms with van der Waals surface area (Å²) in [5.41, 5.74) is 6.66.